The Morgan fingerprint density at radius 2 is 1.85 bits per heavy atom. The summed E-state index contributed by atoms with van der Waals surface area (Å²) < 4.78 is 7.38. The van der Waals surface area contributed by atoms with Gasteiger partial charge in [0.1, 0.15) is 11.3 Å². The van der Waals surface area contributed by atoms with E-state index in [1.54, 1.807) is 17.0 Å². The molecule has 1 saturated heterocycles. The van der Waals surface area contributed by atoms with E-state index in [0.717, 1.165) is 36.1 Å². The smallest absolute Gasteiger partial charge is 0.410 e. The number of hydrogen-bond donors (Lipinski definition) is 0. The van der Waals surface area contributed by atoms with Gasteiger partial charge in [0.05, 0.1) is 17.3 Å². The number of rotatable bonds is 6. The molecule has 0 N–H and O–H groups in total. The molecule has 1 aromatic heterocycles. The molecule has 1 amide bonds. The van der Waals surface area contributed by atoms with Crippen LogP contribution in [0.5, 0.6) is 0 Å². The van der Waals surface area contributed by atoms with Crippen LogP contribution >= 0.6 is 0 Å². The highest BCUT2D eigenvalue weighted by Crippen LogP contribution is 2.47. The lowest BCUT2D eigenvalue weighted by atomic mass is 9.94. The van der Waals surface area contributed by atoms with Gasteiger partial charge in [-0.2, -0.15) is 10.4 Å². The Labute approximate surface area is 201 Å². The molecular weight excluding hydrogens is 428 g/mol. The van der Waals surface area contributed by atoms with Crippen molar-refractivity contribution in [2.45, 2.75) is 77.9 Å². The van der Waals surface area contributed by atoms with E-state index in [1.807, 2.05) is 51.4 Å². The van der Waals surface area contributed by atoms with Crippen LogP contribution in [0, 0.1) is 17.2 Å². The number of nitrogens with zero attached hydrogens (tertiary/aromatic N) is 4. The second kappa shape index (κ2) is 9.25. The van der Waals surface area contributed by atoms with Crippen molar-refractivity contribution in [1.82, 2.24) is 14.7 Å². The summed E-state index contributed by atoms with van der Waals surface area (Å²) >= 11 is 0. The number of aromatic nitrogens is 2. The van der Waals surface area contributed by atoms with E-state index in [4.69, 9.17) is 15.1 Å². The predicted molar refractivity (Wildman–Crippen MR) is 130 cm³/mol. The maximum Gasteiger partial charge on any atom is 0.410 e. The van der Waals surface area contributed by atoms with Gasteiger partial charge in [0.25, 0.3) is 0 Å². The van der Waals surface area contributed by atoms with Crippen molar-refractivity contribution < 1.29 is 14.3 Å². The molecule has 2 fully saturated rings. The molecule has 2 heterocycles. The van der Waals surface area contributed by atoms with Gasteiger partial charge in [-0.15, -0.1) is 0 Å². The topological polar surface area (TPSA) is 88.2 Å². The zero-order valence-electron chi connectivity index (χ0n) is 20.8. The van der Waals surface area contributed by atoms with Crippen LogP contribution in [0.3, 0.4) is 0 Å². The zero-order valence-corrected chi connectivity index (χ0v) is 20.8. The number of ketones is 1. The molecule has 2 aromatic rings. The standard InChI is InChI=1S/C27H34N4O3/c1-17(2)31-25(22(32)14-19-12-13-30(16-19)26(33)34-27(3,4)5)23(20-10-11-20)24(29-31)21-8-6-18(15-28)7-9-21/h6-9,17,19-20H,10-14,16H2,1-5H3/t19-/m0/s1. The van der Waals surface area contributed by atoms with Gasteiger partial charge in [-0.3, -0.25) is 9.48 Å². The molecule has 7 heteroatoms. The van der Waals surface area contributed by atoms with Crippen LogP contribution in [0.2, 0.25) is 0 Å². The molecule has 1 atom stereocenters. The van der Waals surface area contributed by atoms with Crippen LogP contribution in [0.4, 0.5) is 4.79 Å². The van der Waals surface area contributed by atoms with Crippen LogP contribution in [0.1, 0.15) is 93.9 Å². The molecule has 1 aliphatic carbocycles. The lowest BCUT2D eigenvalue weighted by molar-refractivity contribution is 0.0286. The molecule has 1 aromatic carbocycles. The molecule has 1 saturated carbocycles. The van der Waals surface area contributed by atoms with Gasteiger partial charge >= 0.3 is 6.09 Å². The first-order chi connectivity index (χ1) is 16.1. The summed E-state index contributed by atoms with van der Waals surface area (Å²) in [6, 6.07) is 9.63. The zero-order chi connectivity index (χ0) is 24.6. The number of likely N-dealkylation sites (tertiary alicyclic amines) is 1. The first-order valence-electron chi connectivity index (χ1n) is 12.2. The molecule has 0 radical (unpaired) electrons. The van der Waals surface area contributed by atoms with Gasteiger partial charge in [0.15, 0.2) is 5.78 Å². The van der Waals surface area contributed by atoms with E-state index >= 15 is 0 Å². The SMILES string of the molecule is CC(C)n1nc(-c2ccc(C#N)cc2)c(C2CC2)c1C(=O)C[C@@H]1CCN(C(=O)OC(C)(C)C)C1. The van der Waals surface area contributed by atoms with Gasteiger partial charge in [-0.25, -0.2) is 4.79 Å². The molecule has 0 unspecified atom stereocenters. The van der Waals surface area contributed by atoms with Crippen molar-refractivity contribution in [3.63, 3.8) is 0 Å². The number of carbonyl (C=O) groups excluding carboxylic acids is 2. The van der Waals surface area contributed by atoms with Crippen molar-refractivity contribution in [2.75, 3.05) is 13.1 Å². The van der Waals surface area contributed by atoms with E-state index in [1.165, 1.54) is 0 Å². The molecule has 2 aliphatic rings. The minimum Gasteiger partial charge on any atom is -0.444 e. The number of hydrogen-bond acceptors (Lipinski definition) is 5. The van der Waals surface area contributed by atoms with E-state index in [0.29, 0.717) is 36.7 Å². The Morgan fingerprint density at radius 1 is 1.18 bits per heavy atom. The van der Waals surface area contributed by atoms with Gasteiger partial charge in [-0.1, -0.05) is 12.1 Å². The predicted octanol–water partition coefficient (Wildman–Crippen LogP) is 5.71. The molecule has 0 spiro atoms. The Hall–Kier alpha value is -3.14. The van der Waals surface area contributed by atoms with E-state index in [-0.39, 0.29) is 23.8 Å². The monoisotopic (exact) mass is 462 g/mol. The summed E-state index contributed by atoms with van der Waals surface area (Å²) in [5.74, 6) is 0.555. The minimum absolute atomic E-state index is 0.0467. The lowest BCUT2D eigenvalue weighted by Crippen LogP contribution is -2.35. The van der Waals surface area contributed by atoms with Gasteiger partial charge in [-0.05, 0) is 77.8 Å². The first-order valence-corrected chi connectivity index (χ1v) is 12.2. The quantitative estimate of drug-likeness (QED) is 0.513. The van der Waals surface area contributed by atoms with Gasteiger partial charge < -0.3 is 9.64 Å². The van der Waals surface area contributed by atoms with Gasteiger partial charge in [0, 0.05) is 36.7 Å². The number of amides is 1. The molecule has 4 rings (SSSR count). The third kappa shape index (κ3) is 5.16. The van der Waals surface area contributed by atoms with Crippen molar-refractivity contribution >= 4 is 11.9 Å². The van der Waals surface area contributed by atoms with Gasteiger partial charge in [0.2, 0.25) is 0 Å². The molecule has 34 heavy (non-hydrogen) atoms. The Kier molecular flexibility index (Phi) is 6.53. The number of ether oxygens (including phenoxy) is 1. The Bertz CT molecular complexity index is 1110. The highest BCUT2D eigenvalue weighted by molar-refractivity contribution is 5.98. The normalized spacial score (nSPS) is 18.3. The van der Waals surface area contributed by atoms with Crippen LogP contribution in [0.25, 0.3) is 11.3 Å². The van der Waals surface area contributed by atoms with Crippen molar-refractivity contribution in [1.29, 1.82) is 5.26 Å². The molecule has 180 valence electrons. The number of benzene rings is 1. The van der Waals surface area contributed by atoms with Crippen molar-refractivity contribution in [2.24, 2.45) is 5.92 Å². The van der Waals surface area contributed by atoms with Crippen LogP contribution in [0.15, 0.2) is 24.3 Å². The second-order valence-corrected chi connectivity index (χ2v) is 10.8. The summed E-state index contributed by atoms with van der Waals surface area (Å²) in [6.07, 6.45) is 3.00. The van der Waals surface area contributed by atoms with Crippen LogP contribution in [-0.4, -0.2) is 45.2 Å². The summed E-state index contributed by atoms with van der Waals surface area (Å²) in [5.41, 5.74) is 3.62. The fourth-order valence-corrected chi connectivity index (χ4v) is 4.62. The number of Topliss-reactive ketones (excluding diaryl/α,β-unsaturated/α-hetero) is 1. The first kappa shape index (κ1) is 24.0. The largest absolute Gasteiger partial charge is 0.444 e. The molecule has 7 nitrogen and oxygen atoms in total. The minimum atomic E-state index is -0.532. The fourth-order valence-electron chi connectivity index (χ4n) is 4.62. The summed E-state index contributed by atoms with van der Waals surface area (Å²) in [5, 5.41) is 14.0. The third-order valence-electron chi connectivity index (χ3n) is 6.38. The number of nitriles is 1. The summed E-state index contributed by atoms with van der Waals surface area (Å²) in [6.45, 7) is 10.8. The van der Waals surface area contributed by atoms with E-state index in [9.17, 15) is 9.59 Å². The molecule has 1 aliphatic heterocycles. The van der Waals surface area contributed by atoms with Crippen LogP contribution < -0.4 is 0 Å². The second-order valence-electron chi connectivity index (χ2n) is 10.8. The van der Waals surface area contributed by atoms with E-state index in [2.05, 4.69) is 6.07 Å². The van der Waals surface area contributed by atoms with E-state index < -0.39 is 5.60 Å². The summed E-state index contributed by atoms with van der Waals surface area (Å²) in [7, 11) is 0. The van der Waals surface area contributed by atoms with Crippen molar-refractivity contribution in [3.8, 4) is 17.3 Å². The summed E-state index contributed by atoms with van der Waals surface area (Å²) in [4.78, 5) is 27.9. The fraction of sp³-hybridized carbons (Fsp3) is 0.556. The Morgan fingerprint density at radius 3 is 2.41 bits per heavy atom. The maximum atomic E-state index is 13.7. The highest BCUT2D eigenvalue weighted by atomic mass is 16.6. The molecule has 0 bridgehead atoms. The Balaban J connectivity index is 1.58. The molecular formula is C27H34N4O3. The average Bonchev–Trinajstić information content (AvgIpc) is 3.36. The third-order valence-corrected chi connectivity index (χ3v) is 6.38. The van der Waals surface area contributed by atoms with Crippen molar-refractivity contribution in [3.05, 3.63) is 41.1 Å². The highest BCUT2D eigenvalue weighted by Gasteiger charge is 2.37. The van der Waals surface area contributed by atoms with Crippen LogP contribution in [-0.2, 0) is 4.74 Å². The maximum absolute atomic E-state index is 13.7. The average molecular weight is 463 g/mol. The lowest BCUT2D eigenvalue weighted by Gasteiger charge is -2.24. The number of carbonyl (C=O) groups is 2.